The molecule has 2 N–H and O–H groups in total. The molecule has 0 spiro atoms. The summed E-state index contributed by atoms with van der Waals surface area (Å²) >= 11 is 0. The molecular weight excluding hydrogens is 436 g/mol. The molecule has 0 aromatic heterocycles. The normalized spacial score (nSPS) is 18.2. The van der Waals surface area contributed by atoms with E-state index in [0.717, 1.165) is 35.1 Å². The first kappa shape index (κ1) is 23.8. The highest BCUT2D eigenvalue weighted by molar-refractivity contribution is 5.89. The Balaban J connectivity index is 1.41. The van der Waals surface area contributed by atoms with Gasteiger partial charge >= 0.3 is 12.1 Å². The first-order valence-electron chi connectivity index (χ1n) is 11.6. The molecule has 1 aliphatic carbocycles. The van der Waals surface area contributed by atoms with Crippen molar-refractivity contribution >= 4 is 18.0 Å². The zero-order valence-electron chi connectivity index (χ0n) is 19.2. The van der Waals surface area contributed by atoms with Crippen molar-refractivity contribution in [1.82, 2.24) is 10.2 Å². The lowest BCUT2D eigenvalue weighted by Crippen LogP contribution is -2.51. The number of likely N-dealkylation sites (N-methyl/N-ethyl adjacent to an activating group) is 1. The zero-order valence-corrected chi connectivity index (χ0v) is 19.2. The molecule has 0 saturated carbocycles. The van der Waals surface area contributed by atoms with Gasteiger partial charge in [-0.3, -0.25) is 9.59 Å². The van der Waals surface area contributed by atoms with E-state index in [0.29, 0.717) is 19.6 Å². The molecule has 2 aromatic carbocycles. The number of carboxylic acid groups (broad SMARTS) is 1. The van der Waals surface area contributed by atoms with Crippen LogP contribution in [0, 0.1) is 0 Å². The highest BCUT2D eigenvalue weighted by Crippen LogP contribution is 2.44. The van der Waals surface area contributed by atoms with Crippen LogP contribution in [0.2, 0.25) is 0 Å². The lowest BCUT2D eigenvalue weighted by molar-refractivity contribution is -0.143. The monoisotopic (exact) mass is 466 g/mol. The zero-order chi connectivity index (χ0) is 24.1. The van der Waals surface area contributed by atoms with Gasteiger partial charge in [-0.1, -0.05) is 48.5 Å². The fourth-order valence-corrected chi connectivity index (χ4v) is 4.86. The second kappa shape index (κ2) is 10.7. The number of hydrogen-bond acceptors (Lipinski definition) is 5. The van der Waals surface area contributed by atoms with Crippen LogP contribution in [0.5, 0.6) is 0 Å². The SMILES string of the molecule is CN(C(=O)C(CC(=O)O)NC(=O)OCC1c2ccccc2-c2ccccc21)C1CCCOCC1. The average molecular weight is 467 g/mol. The maximum Gasteiger partial charge on any atom is 0.407 e. The summed E-state index contributed by atoms with van der Waals surface area (Å²) in [6.45, 7) is 1.28. The number of alkyl carbamates (subject to hydrolysis) is 1. The molecule has 4 rings (SSSR count). The van der Waals surface area contributed by atoms with Gasteiger partial charge in [0.1, 0.15) is 12.6 Å². The van der Waals surface area contributed by atoms with E-state index in [1.54, 1.807) is 7.05 Å². The van der Waals surface area contributed by atoms with Crippen molar-refractivity contribution in [1.29, 1.82) is 0 Å². The van der Waals surface area contributed by atoms with Crippen LogP contribution in [0.15, 0.2) is 48.5 Å². The number of hydrogen-bond donors (Lipinski definition) is 2. The fourth-order valence-electron chi connectivity index (χ4n) is 4.86. The molecule has 2 aliphatic rings. The standard InChI is InChI=1S/C26H30N2O6/c1-28(17-7-6-13-33-14-12-17)25(31)23(15-24(29)30)27-26(32)34-16-22-20-10-4-2-8-18(20)19-9-3-5-11-21(19)22/h2-5,8-11,17,22-23H,6-7,12-16H2,1H3,(H,27,32)(H,29,30). The van der Waals surface area contributed by atoms with E-state index in [4.69, 9.17) is 9.47 Å². The number of rotatable bonds is 7. The molecule has 8 nitrogen and oxygen atoms in total. The van der Waals surface area contributed by atoms with Crippen molar-refractivity contribution in [2.45, 2.75) is 43.7 Å². The first-order chi connectivity index (χ1) is 16.5. The topological polar surface area (TPSA) is 105 Å². The van der Waals surface area contributed by atoms with Crippen molar-refractivity contribution in [3.8, 4) is 11.1 Å². The Bertz CT molecular complexity index is 1000. The first-order valence-corrected chi connectivity index (χ1v) is 11.6. The molecule has 1 saturated heterocycles. The number of carbonyl (C=O) groups excluding carboxylic acids is 2. The summed E-state index contributed by atoms with van der Waals surface area (Å²) in [5, 5.41) is 11.8. The third-order valence-electron chi connectivity index (χ3n) is 6.63. The third-order valence-corrected chi connectivity index (χ3v) is 6.63. The minimum absolute atomic E-state index is 0.0596. The van der Waals surface area contributed by atoms with Gasteiger partial charge in [-0.15, -0.1) is 0 Å². The quantitative estimate of drug-likeness (QED) is 0.648. The van der Waals surface area contributed by atoms with Crippen LogP contribution >= 0.6 is 0 Å². The van der Waals surface area contributed by atoms with Crippen LogP contribution in [-0.4, -0.2) is 66.9 Å². The van der Waals surface area contributed by atoms with E-state index in [1.807, 2.05) is 48.5 Å². The summed E-state index contributed by atoms with van der Waals surface area (Å²) in [6, 6.07) is 14.7. The number of aliphatic carboxylic acids is 1. The number of carboxylic acids is 1. The Morgan fingerprint density at radius 1 is 1.06 bits per heavy atom. The highest BCUT2D eigenvalue weighted by atomic mass is 16.5. The van der Waals surface area contributed by atoms with Crippen LogP contribution in [0.1, 0.15) is 42.7 Å². The van der Waals surface area contributed by atoms with Crippen molar-refractivity contribution in [3.05, 3.63) is 59.7 Å². The third kappa shape index (κ3) is 5.22. The second-order valence-electron chi connectivity index (χ2n) is 8.77. The van der Waals surface area contributed by atoms with E-state index >= 15 is 0 Å². The van der Waals surface area contributed by atoms with Crippen LogP contribution in [0.4, 0.5) is 4.79 Å². The van der Waals surface area contributed by atoms with E-state index in [-0.39, 0.29) is 18.6 Å². The van der Waals surface area contributed by atoms with Gasteiger partial charge in [0.25, 0.3) is 0 Å². The predicted octanol–water partition coefficient (Wildman–Crippen LogP) is 3.40. The Morgan fingerprint density at radius 3 is 2.35 bits per heavy atom. The molecule has 34 heavy (non-hydrogen) atoms. The van der Waals surface area contributed by atoms with E-state index < -0.39 is 30.4 Å². The van der Waals surface area contributed by atoms with Gasteiger partial charge in [-0.05, 0) is 41.5 Å². The van der Waals surface area contributed by atoms with Crippen LogP contribution in [-0.2, 0) is 19.1 Å². The number of benzene rings is 2. The molecular formula is C26H30N2O6. The summed E-state index contributed by atoms with van der Waals surface area (Å²) in [6.07, 6.45) is 0.946. The van der Waals surface area contributed by atoms with Crippen molar-refractivity contribution < 1.29 is 29.0 Å². The van der Waals surface area contributed by atoms with Crippen molar-refractivity contribution in [2.75, 3.05) is 26.9 Å². The molecule has 2 amide bonds. The molecule has 2 aromatic rings. The molecule has 0 radical (unpaired) electrons. The Morgan fingerprint density at radius 2 is 1.71 bits per heavy atom. The fraction of sp³-hybridized carbons (Fsp3) is 0.423. The lowest BCUT2D eigenvalue weighted by atomic mass is 9.98. The summed E-state index contributed by atoms with van der Waals surface area (Å²) < 4.78 is 11.0. The van der Waals surface area contributed by atoms with Gasteiger partial charge in [-0.25, -0.2) is 4.79 Å². The number of ether oxygens (including phenoxy) is 2. The van der Waals surface area contributed by atoms with Crippen LogP contribution < -0.4 is 5.32 Å². The van der Waals surface area contributed by atoms with E-state index in [2.05, 4.69) is 5.32 Å². The molecule has 0 bridgehead atoms. The minimum Gasteiger partial charge on any atom is -0.481 e. The number of nitrogens with one attached hydrogen (secondary N) is 1. The van der Waals surface area contributed by atoms with Crippen molar-refractivity contribution in [3.63, 3.8) is 0 Å². The summed E-state index contributed by atoms with van der Waals surface area (Å²) in [4.78, 5) is 38.7. The molecule has 8 heteroatoms. The minimum atomic E-state index is -1.21. The van der Waals surface area contributed by atoms with E-state index in [9.17, 15) is 19.5 Å². The van der Waals surface area contributed by atoms with Gasteiger partial charge in [0.2, 0.25) is 5.91 Å². The number of amides is 2. The summed E-state index contributed by atoms with van der Waals surface area (Å²) in [7, 11) is 1.65. The van der Waals surface area contributed by atoms with Gasteiger partial charge in [-0.2, -0.15) is 0 Å². The average Bonchev–Trinajstić information content (AvgIpc) is 2.97. The maximum absolute atomic E-state index is 13.1. The Hall–Kier alpha value is -3.39. The Labute approximate surface area is 198 Å². The van der Waals surface area contributed by atoms with Gasteiger partial charge in [0.15, 0.2) is 0 Å². The summed E-state index contributed by atoms with van der Waals surface area (Å²) in [5.41, 5.74) is 4.37. The molecule has 2 unspecified atom stereocenters. The molecule has 180 valence electrons. The second-order valence-corrected chi connectivity index (χ2v) is 8.77. The maximum atomic E-state index is 13.1. The Kier molecular flexibility index (Phi) is 7.47. The van der Waals surface area contributed by atoms with Crippen LogP contribution in [0.25, 0.3) is 11.1 Å². The number of nitrogens with zero attached hydrogens (tertiary/aromatic N) is 1. The van der Waals surface area contributed by atoms with E-state index in [1.165, 1.54) is 4.90 Å². The largest absolute Gasteiger partial charge is 0.481 e. The van der Waals surface area contributed by atoms with Crippen molar-refractivity contribution in [2.24, 2.45) is 0 Å². The summed E-state index contributed by atoms with van der Waals surface area (Å²) in [5.74, 6) is -1.74. The van der Waals surface area contributed by atoms with Crippen LogP contribution in [0.3, 0.4) is 0 Å². The van der Waals surface area contributed by atoms with Gasteiger partial charge in [0.05, 0.1) is 6.42 Å². The molecule has 2 atom stereocenters. The lowest BCUT2D eigenvalue weighted by Gasteiger charge is -2.30. The van der Waals surface area contributed by atoms with Gasteiger partial charge in [0, 0.05) is 32.2 Å². The molecule has 1 heterocycles. The molecule has 1 fully saturated rings. The number of fused-ring (bicyclic) bond motifs is 3. The number of carbonyl (C=O) groups is 3. The smallest absolute Gasteiger partial charge is 0.407 e. The molecule has 1 aliphatic heterocycles. The predicted molar refractivity (Wildman–Crippen MR) is 125 cm³/mol. The van der Waals surface area contributed by atoms with Gasteiger partial charge < -0.3 is 24.8 Å². The highest BCUT2D eigenvalue weighted by Gasteiger charge is 2.32.